The summed E-state index contributed by atoms with van der Waals surface area (Å²) in [5.74, 6) is -1.91. The monoisotopic (exact) mass is 614 g/mol. The second-order valence-corrected chi connectivity index (χ2v) is 13.3. The van der Waals surface area contributed by atoms with E-state index in [-0.39, 0.29) is 46.7 Å². The maximum Gasteiger partial charge on any atom is 0.433 e. The fraction of sp³-hybridized carbons (Fsp3) is 0.607. The minimum absolute atomic E-state index is 0.0141. The molecule has 2 aromatic heterocycles. The summed E-state index contributed by atoms with van der Waals surface area (Å²) >= 11 is 12.4. The number of carboxylic acid groups (broad SMARTS) is 1. The second-order valence-electron chi connectivity index (χ2n) is 12.4. The number of carbonyl (C=O) groups is 3. The van der Waals surface area contributed by atoms with Crippen molar-refractivity contribution in [2.45, 2.75) is 77.6 Å². The van der Waals surface area contributed by atoms with E-state index in [1.54, 1.807) is 6.92 Å². The summed E-state index contributed by atoms with van der Waals surface area (Å²) in [5.41, 5.74) is -2.80. The summed E-state index contributed by atoms with van der Waals surface area (Å²) in [6.07, 6.45) is 0.330. The molecule has 3 aliphatic rings. The van der Waals surface area contributed by atoms with Gasteiger partial charge in [0.25, 0.3) is 5.91 Å². The van der Waals surface area contributed by atoms with E-state index in [4.69, 9.17) is 23.2 Å². The first-order valence-electron chi connectivity index (χ1n) is 13.6. The first-order chi connectivity index (χ1) is 19.1. The number of pyridine rings is 1. The SMILES string of the molecule is CC1(C(=O)O)CCC(n2ncc(C(=O)N(CC(=O)c3c(Cl)cncc3Cl)[C@H]3C[C@@H]4[C@H](C3)C4(C)C)c2C(F)(F)F)CC1. The molecule has 2 aromatic rings. The standard InChI is InChI=1S/C28H31Cl2F3N4O4/c1-26(2)17-8-15(9-18(17)26)36(13-21(38)22-19(29)11-34-12-20(22)30)24(39)16-10-35-37(23(16)28(31,32)33)14-4-6-27(3,7-5-14)25(40)41/h10-12,14-15,17-18H,4-9,13H2,1-3H3,(H,40,41)/t14?,15-,17+,18-,27?. The third-order valence-electron chi connectivity index (χ3n) is 9.70. The van der Waals surface area contributed by atoms with Crippen LogP contribution in [0.1, 0.15) is 91.7 Å². The highest BCUT2D eigenvalue weighted by molar-refractivity contribution is 6.39. The van der Waals surface area contributed by atoms with Gasteiger partial charge in [-0.1, -0.05) is 37.0 Å². The molecule has 0 bridgehead atoms. The van der Waals surface area contributed by atoms with E-state index in [1.807, 2.05) is 0 Å². The van der Waals surface area contributed by atoms with E-state index in [0.717, 1.165) is 10.9 Å². The molecule has 1 N–H and O–H groups in total. The number of hydrogen-bond donors (Lipinski definition) is 1. The first kappa shape index (κ1) is 29.8. The fourth-order valence-corrected chi connectivity index (χ4v) is 7.52. The lowest BCUT2D eigenvalue weighted by Crippen LogP contribution is -2.44. The number of aromatic nitrogens is 3. The molecule has 222 valence electrons. The van der Waals surface area contributed by atoms with Crippen molar-refractivity contribution < 1.29 is 32.7 Å². The predicted octanol–water partition coefficient (Wildman–Crippen LogP) is 6.57. The van der Waals surface area contributed by atoms with Crippen molar-refractivity contribution in [3.63, 3.8) is 0 Å². The molecule has 0 spiro atoms. The Morgan fingerprint density at radius 2 is 1.61 bits per heavy atom. The molecule has 3 saturated carbocycles. The van der Waals surface area contributed by atoms with Crippen LogP contribution in [0.15, 0.2) is 18.6 Å². The minimum Gasteiger partial charge on any atom is -0.481 e. The average molecular weight is 615 g/mol. The highest BCUT2D eigenvalue weighted by Crippen LogP contribution is 2.67. The van der Waals surface area contributed by atoms with Crippen molar-refractivity contribution in [2.24, 2.45) is 22.7 Å². The molecule has 0 saturated heterocycles. The predicted molar refractivity (Wildman–Crippen MR) is 144 cm³/mol. The fourth-order valence-electron chi connectivity index (χ4n) is 6.94. The van der Waals surface area contributed by atoms with Crippen molar-refractivity contribution in [2.75, 3.05) is 6.54 Å². The number of carbonyl (C=O) groups excluding carboxylic acids is 2. The molecular formula is C28H31Cl2F3N4O4. The summed E-state index contributed by atoms with van der Waals surface area (Å²) in [6, 6.07) is -1.16. The van der Waals surface area contributed by atoms with Crippen LogP contribution in [0, 0.1) is 22.7 Å². The van der Waals surface area contributed by atoms with E-state index in [0.29, 0.717) is 24.7 Å². The van der Waals surface area contributed by atoms with Gasteiger partial charge in [0.1, 0.15) is 0 Å². The number of aliphatic carboxylic acids is 1. The van der Waals surface area contributed by atoms with Crippen LogP contribution in [0.3, 0.4) is 0 Å². The van der Waals surface area contributed by atoms with Gasteiger partial charge < -0.3 is 10.0 Å². The van der Waals surface area contributed by atoms with Crippen LogP contribution in [-0.4, -0.2) is 55.0 Å². The Morgan fingerprint density at radius 1 is 1.05 bits per heavy atom. The van der Waals surface area contributed by atoms with Gasteiger partial charge in [0.05, 0.1) is 45.4 Å². The topological polar surface area (TPSA) is 105 Å². The van der Waals surface area contributed by atoms with Crippen molar-refractivity contribution in [1.82, 2.24) is 19.7 Å². The second kappa shape index (κ2) is 10.3. The molecule has 1 amide bonds. The normalized spacial score (nSPS) is 28.7. The number of fused-ring (bicyclic) bond motifs is 1. The van der Waals surface area contributed by atoms with Crippen LogP contribution >= 0.6 is 23.2 Å². The van der Waals surface area contributed by atoms with Crippen LogP contribution in [0.25, 0.3) is 0 Å². The molecule has 0 aliphatic heterocycles. The van der Waals surface area contributed by atoms with Crippen LogP contribution in [0.5, 0.6) is 0 Å². The Balaban J connectivity index is 1.48. The zero-order valence-electron chi connectivity index (χ0n) is 22.8. The number of rotatable bonds is 7. The Bertz CT molecular complexity index is 1370. The van der Waals surface area contributed by atoms with Crippen LogP contribution in [-0.2, 0) is 11.0 Å². The molecule has 0 aromatic carbocycles. The van der Waals surface area contributed by atoms with E-state index in [1.165, 1.54) is 17.3 Å². The number of halogens is 5. The Hall–Kier alpha value is -2.66. The van der Waals surface area contributed by atoms with Crippen LogP contribution in [0.4, 0.5) is 13.2 Å². The van der Waals surface area contributed by atoms with Gasteiger partial charge in [-0.05, 0) is 62.7 Å². The highest BCUT2D eigenvalue weighted by atomic mass is 35.5. The lowest BCUT2D eigenvalue weighted by molar-refractivity contribution is -0.152. The Kier molecular flexibility index (Phi) is 7.46. The Morgan fingerprint density at radius 3 is 2.12 bits per heavy atom. The molecule has 8 nitrogen and oxygen atoms in total. The number of amides is 1. The van der Waals surface area contributed by atoms with Gasteiger partial charge in [0.15, 0.2) is 11.5 Å². The molecule has 3 fully saturated rings. The molecule has 0 unspecified atom stereocenters. The number of alkyl halides is 3. The zero-order chi connectivity index (χ0) is 30.1. The van der Waals surface area contributed by atoms with Crippen molar-refractivity contribution in [3.05, 3.63) is 45.5 Å². The maximum absolute atomic E-state index is 14.5. The third kappa shape index (κ3) is 5.24. The lowest BCUT2D eigenvalue weighted by Gasteiger charge is -2.35. The van der Waals surface area contributed by atoms with Crippen LogP contribution in [0.2, 0.25) is 10.0 Å². The number of hydrogen-bond acceptors (Lipinski definition) is 5. The molecular weight excluding hydrogens is 584 g/mol. The van der Waals surface area contributed by atoms with E-state index < -0.39 is 59.1 Å². The number of ketones is 1. The van der Waals surface area contributed by atoms with Crippen molar-refractivity contribution >= 4 is 40.9 Å². The maximum atomic E-state index is 14.5. The summed E-state index contributed by atoms with van der Waals surface area (Å²) in [5, 5.41) is 13.5. The summed E-state index contributed by atoms with van der Waals surface area (Å²) in [4.78, 5) is 44.0. The van der Waals surface area contributed by atoms with Crippen molar-refractivity contribution in [3.8, 4) is 0 Å². The molecule has 3 atom stereocenters. The van der Waals surface area contributed by atoms with E-state index in [9.17, 15) is 32.7 Å². The zero-order valence-corrected chi connectivity index (χ0v) is 24.4. The quantitative estimate of drug-likeness (QED) is 0.354. The largest absolute Gasteiger partial charge is 0.481 e. The molecule has 13 heteroatoms. The van der Waals surface area contributed by atoms with Gasteiger partial charge >= 0.3 is 12.1 Å². The Labute approximate surface area is 245 Å². The average Bonchev–Trinajstić information content (AvgIpc) is 3.30. The molecule has 0 radical (unpaired) electrons. The number of nitrogens with zero attached hydrogens (tertiary/aromatic N) is 4. The summed E-state index contributed by atoms with van der Waals surface area (Å²) < 4.78 is 44.5. The minimum atomic E-state index is -4.91. The molecule has 2 heterocycles. The highest BCUT2D eigenvalue weighted by Gasteiger charge is 2.63. The van der Waals surface area contributed by atoms with E-state index in [2.05, 4.69) is 23.9 Å². The summed E-state index contributed by atoms with van der Waals surface area (Å²) in [6.45, 7) is 5.32. The van der Waals surface area contributed by atoms with Gasteiger partial charge in [0.2, 0.25) is 0 Å². The smallest absolute Gasteiger partial charge is 0.433 e. The number of carboxylic acids is 1. The lowest BCUT2D eigenvalue weighted by atomic mass is 9.74. The van der Waals surface area contributed by atoms with Gasteiger partial charge in [0, 0.05) is 18.4 Å². The van der Waals surface area contributed by atoms with E-state index >= 15 is 0 Å². The van der Waals surface area contributed by atoms with Gasteiger partial charge in [-0.15, -0.1) is 0 Å². The number of Topliss-reactive ketones (excluding diaryl/α,β-unsaturated/α-hetero) is 1. The first-order valence-corrected chi connectivity index (χ1v) is 14.3. The van der Waals surface area contributed by atoms with Gasteiger partial charge in [-0.3, -0.25) is 24.0 Å². The molecule has 41 heavy (non-hydrogen) atoms. The van der Waals surface area contributed by atoms with Crippen molar-refractivity contribution in [1.29, 1.82) is 0 Å². The van der Waals surface area contributed by atoms with Gasteiger partial charge in [-0.2, -0.15) is 18.3 Å². The third-order valence-corrected chi connectivity index (χ3v) is 10.3. The van der Waals surface area contributed by atoms with Crippen LogP contribution < -0.4 is 0 Å². The summed E-state index contributed by atoms with van der Waals surface area (Å²) in [7, 11) is 0. The molecule has 3 aliphatic carbocycles. The van der Waals surface area contributed by atoms with Gasteiger partial charge in [-0.25, -0.2) is 0 Å². The molecule has 5 rings (SSSR count).